The summed E-state index contributed by atoms with van der Waals surface area (Å²) in [6, 6.07) is 0.494. The summed E-state index contributed by atoms with van der Waals surface area (Å²) in [7, 11) is -0.841. The molecule has 1 rings (SSSR count). The van der Waals surface area contributed by atoms with Crippen LogP contribution in [-0.2, 0) is 10.8 Å². The number of hydrogen-bond donors (Lipinski definition) is 2. The minimum absolute atomic E-state index is 0.159. The average molecular weight is 345 g/mol. The van der Waals surface area contributed by atoms with Crippen LogP contribution in [0.5, 0.6) is 0 Å². The number of hydrogen-bond acceptors (Lipinski definition) is 3. The van der Waals surface area contributed by atoms with Gasteiger partial charge in [-0.3, -0.25) is 9.20 Å². The van der Waals surface area contributed by atoms with E-state index >= 15 is 0 Å². The fourth-order valence-corrected chi connectivity index (χ4v) is 3.55. The van der Waals surface area contributed by atoms with Gasteiger partial charge in [-0.05, 0) is 53.5 Å². The third-order valence-electron chi connectivity index (χ3n) is 4.04. The van der Waals surface area contributed by atoms with E-state index in [4.69, 9.17) is 0 Å². The Bertz CT molecular complexity index is 385. The monoisotopic (exact) mass is 344 g/mol. The van der Waals surface area contributed by atoms with Crippen LogP contribution in [-0.4, -0.2) is 64.3 Å². The van der Waals surface area contributed by atoms with Crippen LogP contribution in [0.2, 0.25) is 0 Å². The molecule has 1 heterocycles. The van der Waals surface area contributed by atoms with Crippen molar-refractivity contribution in [1.29, 1.82) is 0 Å². The Morgan fingerprint density at radius 2 is 1.91 bits per heavy atom. The summed E-state index contributed by atoms with van der Waals surface area (Å²) in [6.07, 6.45) is 3.56. The molecule has 0 amide bonds. The van der Waals surface area contributed by atoms with E-state index in [2.05, 4.69) is 34.4 Å². The molecule has 2 N–H and O–H groups in total. The summed E-state index contributed by atoms with van der Waals surface area (Å²) in [5.41, 5.74) is 0. The fourth-order valence-electron chi connectivity index (χ4n) is 2.68. The zero-order chi connectivity index (χ0) is 17.3. The SMILES string of the molecule is CCCN1CCC(NC(=NCCS(=O)C(C)(C)C)NCC)CC1. The fraction of sp³-hybridized carbons (Fsp3) is 0.941. The van der Waals surface area contributed by atoms with Crippen LogP contribution < -0.4 is 10.6 Å². The van der Waals surface area contributed by atoms with E-state index < -0.39 is 10.8 Å². The molecule has 23 heavy (non-hydrogen) atoms. The molecule has 0 saturated carbocycles. The first-order valence-electron chi connectivity index (χ1n) is 9.02. The first kappa shape index (κ1) is 20.4. The largest absolute Gasteiger partial charge is 0.357 e. The molecule has 6 heteroatoms. The average Bonchev–Trinajstić information content (AvgIpc) is 2.48. The highest BCUT2D eigenvalue weighted by Crippen LogP contribution is 2.12. The van der Waals surface area contributed by atoms with Crippen molar-refractivity contribution in [3.63, 3.8) is 0 Å². The van der Waals surface area contributed by atoms with Gasteiger partial charge in [-0.1, -0.05) is 6.92 Å². The third-order valence-corrected chi connectivity index (χ3v) is 5.96. The molecule has 1 fully saturated rings. The predicted octanol–water partition coefficient (Wildman–Crippen LogP) is 1.96. The number of guanidine groups is 1. The van der Waals surface area contributed by atoms with Crippen LogP contribution in [0.15, 0.2) is 4.99 Å². The molecule has 136 valence electrons. The van der Waals surface area contributed by atoms with Gasteiger partial charge < -0.3 is 15.5 Å². The van der Waals surface area contributed by atoms with Crippen LogP contribution in [0.3, 0.4) is 0 Å². The summed E-state index contributed by atoms with van der Waals surface area (Å²) in [6.45, 7) is 15.4. The Morgan fingerprint density at radius 3 is 2.43 bits per heavy atom. The zero-order valence-corrected chi connectivity index (χ0v) is 16.5. The maximum absolute atomic E-state index is 12.1. The topological polar surface area (TPSA) is 56.7 Å². The second-order valence-electron chi connectivity index (χ2n) is 7.18. The highest BCUT2D eigenvalue weighted by atomic mass is 32.2. The number of piperidine rings is 1. The first-order chi connectivity index (χ1) is 10.9. The lowest BCUT2D eigenvalue weighted by Gasteiger charge is -2.32. The molecular formula is C17H36N4OS. The molecular weight excluding hydrogens is 308 g/mol. The van der Waals surface area contributed by atoms with Gasteiger partial charge in [-0.25, -0.2) is 0 Å². The Kier molecular flexibility index (Phi) is 9.14. The second-order valence-corrected chi connectivity index (χ2v) is 9.51. The van der Waals surface area contributed by atoms with Crippen molar-refractivity contribution in [2.24, 2.45) is 4.99 Å². The Balaban J connectivity index is 2.42. The van der Waals surface area contributed by atoms with Crippen LogP contribution in [0.4, 0.5) is 0 Å². The smallest absolute Gasteiger partial charge is 0.191 e. The molecule has 0 aromatic heterocycles. The van der Waals surface area contributed by atoms with Crippen molar-refractivity contribution in [3.05, 3.63) is 0 Å². The van der Waals surface area contributed by atoms with Crippen LogP contribution in [0, 0.1) is 0 Å². The lowest BCUT2D eigenvalue weighted by Crippen LogP contribution is -2.48. The maximum atomic E-state index is 12.1. The summed E-state index contributed by atoms with van der Waals surface area (Å²) in [4.78, 5) is 7.14. The predicted molar refractivity (Wildman–Crippen MR) is 102 cm³/mol. The van der Waals surface area contributed by atoms with Crippen molar-refractivity contribution < 1.29 is 4.21 Å². The summed E-state index contributed by atoms with van der Waals surface area (Å²) in [5, 5.41) is 6.85. The Labute approximate surface area is 145 Å². The first-order valence-corrected chi connectivity index (χ1v) is 10.3. The minimum atomic E-state index is -0.841. The van der Waals surface area contributed by atoms with Gasteiger partial charge >= 0.3 is 0 Å². The highest BCUT2D eigenvalue weighted by molar-refractivity contribution is 7.86. The number of likely N-dealkylation sites (tertiary alicyclic amines) is 1. The molecule has 0 aliphatic carbocycles. The Hall–Kier alpha value is -0.620. The van der Waals surface area contributed by atoms with Gasteiger partial charge in [-0.2, -0.15) is 0 Å². The molecule has 1 aliphatic heterocycles. The zero-order valence-electron chi connectivity index (χ0n) is 15.7. The van der Waals surface area contributed by atoms with Gasteiger partial charge in [0.2, 0.25) is 0 Å². The van der Waals surface area contributed by atoms with Gasteiger partial charge in [0.15, 0.2) is 5.96 Å². The minimum Gasteiger partial charge on any atom is -0.357 e. The second kappa shape index (κ2) is 10.3. The van der Waals surface area contributed by atoms with Crippen LogP contribution in [0.1, 0.15) is 53.9 Å². The molecule has 5 nitrogen and oxygen atoms in total. The summed E-state index contributed by atoms with van der Waals surface area (Å²) in [5.74, 6) is 1.49. The number of nitrogens with one attached hydrogen (secondary N) is 2. The third kappa shape index (κ3) is 8.15. The highest BCUT2D eigenvalue weighted by Gasteiger charge is 2.20. The number of rotatable bonds is 7. The van der Waals surface area contributed by atoms with Crippen molar-refractivity contribution in [1.82, 2.24) is 15.5 Å². The van der Waals surface area contributed by atoms with Crippen molar-refractivity contribution >= 4 is 16.8 Å². The van der Waals surface area contributed by atoms with E-state index in [1.807, 2.05) is 20.8 Å². The van der Waals surface area contributed by atoms with Crippen molar-refractivity contribution in [3.8, 4) is 0 Å². The lowest BCUT2D eigenvalue weighted by molar-refractivity contribution is 0.206. The van der Waals surface area contributed by atoms with Gasteiger partial charge in [0.25, 0.3) is 0 Å². The summed E-state index contributed by atoms with van der Waals surface area (Å²) < 4.78 is 11.9. The molecule has 1 atom stereocenters. The van der Waals surface area contributed by atoms with E-state index in [9.17, 15) is 4.21 Å². The van der Waals surface area contributed by atoms with E-state index in [0.717, 1.165) is 12.5 Å². The van der Waals surface area contributed by atoms with Crippen molar-refractivity contribution in [2.75, 3.05) is 38.5 Å². The van der Waals surface area contributed by atoms with Crippen LogP contribution in [0.25, 0.3) is 0 Å². The quantitative estimate of drug-likeness (QED) is 0.548. The normalized spacial score (nSPS) is 19.6. The molecule has 0 bridgehead atoms. The van der Waals surface area contributed by atoms with Gasteiger partial charge in [0.05, 0.1) is 6.54 Å². The maximum Gasteiger partial charge on any atom is 0.191 e. The summed E-state index contributed by atoms with van der Waals surface area (Å²) >= 11 is 0. The van der Waals surface area contributed by atoms with Gasteiger partial charge in [0.1, 0.15) is 0 Å². The number of nitrogens with zero attached hydrogens (tertiary/aromatic N) is 2. The molecule has 0 aromatic carbocycles. The van der Waals surface area contributed by atoms with E-state index in [1.54, 1.807) is 0 Å². The standard InChI is InChI=1S/C17H36N4OS/c1-6-11-21-12-8-15(9-13-21)20-16(18-7-2)19-10-14-23(22)17(3,4)5/h15H,6-14H2,1-5H3,(H2,18,19,20). The molecule has 1 unspecified atom stereocenters. The lowest BCUT2D eigenvalue weighted by atomic mass is 10.1. The molecule has 0 radical (unpaired) electrons. The van der Waals surface area contributed by atoms with E-state index in [0.29, 0.717) is 18.3 Å². The van der Waals surface area contributed by atoms with Crippen molar-refractivity contribution in [2.45, 2.75) is 64.7 Å². The number of aliphatic imine (C=N–C) groups is 1. The van der Waals surface area contributed by atoms with Crippen LogP contribution >= 0.6 is 0 Å². The Morgan fingerprint density at radius 1 is 1.26 bits per heavy atom. The van der Waals surface area contributed by atoms with Gasteiger partial charge in [-0.15, -0.1) is 0 Å². The molecule has 0 spiro atoms. The molecule has 1 saturated heterocycles. The van der Waals surface area contributed by atoms with E-state index in [-0.39, 0.29) is 4.75 Å². The molecule has 0 aromatic rings. The molecule has 1 aliphatic rings. The van der Waals surface area contributed by atoms with E-state index in [1.165, 1.54) is 38.9 Å². The van der Waals surface area contributed by atoms with Gasteiger partial charge in [0, 0.05) is 47.0 Å².